The maximum Gasteiger partial charge on any atom is 0.232 e. The van der Waals surface area contributed by atoms with Gasteiger partial charge in [-0.15, -0.1) is 0 Å². The molecular weight excluding hydrogens is 254 g/mol. The minimum absolute atomic E-state index is 0.497. The minimum atomic E-state index is 0.497. The van der Waals surface area contributed by atoms with Crippen LogP contribution in [0.4, 0.5) is 5.82 Å². The molecule has 0 saturated carbocycles. The summed E-state index contributed by atoms with van der Waals surface area (Å²) < 4.78 is 5.05. The van der Waals surface area contributed by atoms with Gasteiger partial charge in [-0.3, -0.25) is 9.97 Å². The van der Waals surface area contributed by atoms with Crippen LogP contribution in [0.5, 0.6) is 5.88 Å². The fraction of sp³-hybridized carbons (Fsp3) is 0.143. The number of fused-ring (bicyclic) bond motifs is 1. The van der Waals surface area contributed by atoms with E-state index in [1.165, 1.54) is 0 Å². The lowest BCUT2D eigenvalue weighted by molar-refractivity contribution is 0.394. The summed E-state index contributed by atoms with van der Waals surface area (Å²) in [4.78, 5) is 16.8. The van der Waals surface area contributed by atoms with Crippen molar-refractivity contribution in [1.82, 2.24) is 19.9 Å². The molecule has 0 bridgehead atoms. The average molecular weight is 267 g/mol. The Bertz CT molecular complexity index is 726. The van der Waals surface area contributed by atoms with Crippen molar-refractivity contribution in [3.63, 3.8) is 0 Å². The van der Waals surface area contributed by atoms with Crippen molar-refractivity contribution in [3.8, 4) is 5.88 Å². The lowest BCUT2D eigenvalue weighted by Crippen LogP contribution is -2.05. The smallest absolute Gasteiger partial charge is 0.232 e. The largest absolute Gasteiger partial charge is 0.480 e. The standard InChI is InChI=1S/C14H13N5O/c1-20-13-9-16-6-11(19-13)7-18-14-12-8-15-4-2-10(12)3-5-17-14/h2-6,8-9H,7H2,1H3,(H,17,18). The molecule has 3 aromatic rings. The molecule has 0 fully saturated rings. The van der Waals surface area contributed by atoms with Crippen LogP contribution in [0.2, 0.25) is 0 Å². The number of nitrogens with one attached hydrogen (secondary N) is 1. The van der Waals surface area contributed by atoms with Gasteiger partial charge in [-0.25, -0.2) is 9.97 Å². The predicted molar refractivity (Wildman–Crippen MR) is 75.4 cm³/mol. The van der Waals surface area contributed by atoms with Crippen LogP contribution in [0.15, 0.2) is 43.1 Å². The van der Waals surface area contributed by atoms with Crippen LogP contribution in [0.25, 0.3) is 10.8 Å². The zero-order chi connectivity index (χ0) is 13.8. The second-order valence-corrected chi connectivity index (χ2v) is 4.16. The number of hydrogen-bond donors (Lipinski definition) is 1. The van der Waals surface area contributed by atoms with Crippen LogP contribution >= 0.6 is 0 Å². The van der Waals surface area contributed by atoms with E-state index in [1.807, 2.05) is 12.1 Å². The third kappa shape index (κ3) is 2.49. The second kappa shape index (κ2) is 5.48. The molecule has 0 aliphatic heterocycles. The van der Waals surface area contributed by atoms with Gasteiger partial charge < -0.3 is 10.1 Å². The highest BCUT2D eigenvalue weighted by Gasteiger charge is 2.03. The van der Waals surface area contributed by atoms with Gasteiger partial charge in [0.15, 0.2) is 0 Å². The van der Waals surface area contributed by atoms with E-state index in [9.17, 15) is 0 Å². The number of aromatic nitrogens is 4. The Hall–Kier alpha value is -2.76. The quantitative estimate of drug-likeness (QED) is 0.779. The molecule has 0 radical (unpaired) electrons. The van der Waals surface area contributed by atoms with E-state index in [-0.39, 0.29) is 0 Å². The maximum atomic E-state index is 5.05. The predicted octanol–water partition coefficient (Wildman–Crippen LogP) is 2.04. The molecule has 0 saturated heterocycles. The van der Waals surface area contributed by atoms with Crippen molar-refractivity contribution in [2.24, 2.45) is 0 Å². The number of pyridine rings is 2. The Morgan fingerprint density at radius 3 is 2.90 bits per heavy atom. The summed E-state index contributed by atoms with van der Waals surface area (Å²) >= 11 is 0. The van der Waals surface area contributed by atoms with E-state index in [0.717, 1.165) is 22.3 Å². The fourth-order valence-corrected chi connectivity index (χ4v) is 1.90. The topological polar surface area (TPSA) is 72.8 Å². The minimum Gasteiger partial charge on any atom is -0.480 e. The molecule has 1 N–H and O–H groups in total. The molecule has 0 spiro atoms. The first kappa shape index (κ1) is 12.3. The van der Waals surface area contributed by atoms with E-state index in [0.29, 0.717) is 12.4 Å². The van der Waals surface area contributed by atoms with Gasteiger partial charge in [-0.2, -0.15) is 0 Å². The molecule has 6 heteroatoms. The summed E-state index contributed by atoms with van der Waals surface area (Å²) in [7, 11) is 1.57. The first-order chi connectivity index (χ1) is 9.86. The molecule has 0 aliphatic rings. The summed E-state index contributed by atoms with van der Waals surface area (Å²) in [6, 6.07) is 3.90. The number of nitrogens with zero attached hydrogens (tertiary/aromatic N) is 4. The van der Waals surface area contributed by atoms with Crippen molar-refractivity contribution >= 4 is 16.6 Å². The average Bonchev–Trinajstić information content (AvgIpc) is 2.53. The van der Waals surface area contributed by atoms with E-state index in [4.69, 9.17) is 4.74 Å². The van der Waals surface area contributed by atoms with Gasteiger partial charge in [-0.05, 0) is 17.5 Å². The zero-order valence-corrected chi connectivity index (χ0v) is 10.9. The van der Waals surface area contributed by atoms with Crippen LogP contribution in [0, 0.1) is 0 Å². The van der Waals surface area contributed by atoms with Crippen molar-refractivity contribution in [3.05, 3.63) is 48.8 Å². The van der Waals surface area contributed by atoms with Crippen LogP contribution in [0.1, 0.15) is 5.69 Å². The van der Waals surface area contributed by atoms with E-state index < -0.39 is 0 Å². The number of rotatable bonds is 4. The van der Waals surface area contributed by atoms with Crippen LogP contribution in [-0.4, -0.2) is 27.0 Å². The van der Waals surface area contributed by atoms with Crippen LogP contribution in [-0.2, 0) is 6.54 Å². The third-order valence-corrected chi connectivity index (χ3v) is 2.88. The number of ether oxygens (including phenoxy) is 1. The summed E-state index contributed by atoms with van der Waals surface area (Å²) in [5, 5.41) is 5.32. The highest BCUT2D eigenvalue weighted by atomic mass is 16.5. The maximum absolute atomic E-state index is 5.05. The number of hydrogen-bond acceptors (Lipinski definition) is 6. The first-order valence-corrected chi connectivity index (χ1v) is 6.14. The van der Waals surface area contributed by atoms with E-state index in [2.05, 4.69) is 25.3 Å². The molecule has 3 aromatic heterocycles. The molecule has 3 heterocycles. The van der Waals surface area contributed by atoms with E-state index in [1.54, 1.807) is 38.1 Å². The Kier molecular flexibility index (Phi) is 3.36. The Labute approximate surface area is 115 Å². The molecule has 0 amide bonds. The molecule has 20 heavy (non-hydrogen) atoms. The zero-order valence-electron chi connectivity index (χ0n) is 10.9. The highest BCUT2D eigenvalue weighted by Crippen LogP contribution is 2.19. The molecule has 3 rings (SSSR count). The Morgan fingerprint density at radius 2 is 2.00 bits per heavy atom. The molecule has 0 unspecified atom stereocenters. The lowest BCUT2D eigenvalue weighted by Gasteiger charge is -2.08. The summed E-state index contributed by atoms with van der Waals surface area (Å²) in [5.41, 5.74) is 0.784. The normalized spacial score (nSPS) is 10.4. The van der Waals surface area contributed by atoms with Crippen molar-refractivity contribution in [1.29, 1.82) is 0 Å². The fourth-order valence-electron chi connectivity index (χ4n) is 1.90. The first-order valence-electron chi connectivity index (χ1n) is 6.14. The van der Waals surface area contributed by atoms with Crippen molar-refractivity contribution in [2.45, 2.75) is 6.54 Å². The van der Waals surface area contributed by atoms with Gasteiger partial charge >= 0.3 is 0 Å². The molecule has 6 nitrogen and oxygen atoms in total. The van der Waals surface area contributed by atoms with Crippen molar-refractivity contribution in [2.75, 3.05) is 12.4 Å². The SMILES string of the molecule is COc1cncc(CNc2nccc3ccncc23)n1. The van der Waals surface area contributed by atoms with Gasteiger partial charge in [0, 0.05) is 24.0 Å². The monoisotopic (exact) mass is 267 g/mol. The molecule has 100 valence electrons. The van der Waals surface area contributed by atoms with Gasteiger partial charge in [0.25, 0.3) is 0 Å². The summed E-state index contributed by atoms with van der Waals surface area (Å²) in [5.74, 6) is 1.28. The van der Waals surface area contributed by atoms with E-state index >= 15 is 0 Å². The molecule has 0 atom stereocenters. The van der Waals surface area contributed by atoms with Crippen LogP contribution < -0.4 is 10.1 Å². The lowest BCUT2D eigenvalue weighted by atomic mass is 10.2. The highest BCUT2D eigenvalue weighted by molar-refractivity contribution is 5.90. The van der Waals surface area contributed by atoms with Crippen LogP contribution in [0.3, 0.4) is 0 Å². The molecule has 0 aromatic carbocycles. The molecular formula is C14H13N5O. The Balaban J connectivity index is 1.83. The summed E-state index contributed by atoms with van der Waals surface area (Å²) in [6.45, 7) is 0.519. The molecule has 0 aliphatic carbocycles. The number of methoxy groups -OCH3 is 1. The van der Waals surface area contributed by atoms with Gasteiger partial charge in [0.05, 0.1) is 31.7 Å². The Morgan fingerprint density at radius 1 is 1.10 bits per heavy atom. The van der Waals surface area contributed by atoms with Gasteiger partial charge in [0.2, 0.25) is 5.88 Å². The summed E-state index contributed by atoms with van der Waals surface area (Å²) in [6.07, 6.45) is 8.59. The number of anilines is 1. The van der Waals surface area contributed by atoms with Crippen molar-refractivity contribution < 1.29 is 4.74 Å². The van der Waals surface area contributed by atoms with Gasteiger partial charge in [-0.1, -0.05) is 0 Å². The second-order valence-electron chi connectivity index (χ2n) is 4.16. The van der Waals surface area contributed by atoms with Gasteiger partial charge in [0.1, 0.15) is 5.82 Å². The third-order valence-electron chi connectivity index (χ3n) is 2.88.